The molecule has 1 saturated heterocycles. The molecule has 0 amide bonds. The standard InChI is InChI=1S/C16H19NO3/c1-11-10-20-16-12(15(11)19)5-6-14(18)13(16)9-17-7-3-2-4-8-17/h5-6,10,18H,2-4,7-9H2,1H3. The lowest BCUT2D eigenvalue weighted by atomic mass is 10.1. The van der Waals surface area contributed by atoms with Gasteiger partial charge >= 0.3 is 0 Å². The summed E-state index contributed by atoms with van der Waals surface area (Å²) in [6, 6.07) is 3.24. The molecule has 0 aliphatic carbocycles. The van der Waals surface area contributed by atoms with Crippen molar-refractivity contribution < 1.29 is 9.52 Å². The highest BCUT2D eigenvalue weighted by Gasteiger charge is 2.17. The van der Waals surface area contributed by atoms with Gasteiger partial charge in [0.15, 0.2) is 5.43 Å². The number of rotatable bonds is 2. The summed E-state index contributed by atoms with van der Waals surface area (Å²) in [5.41, 5.74) is 1.81. The van der Waals surface area contributed by atoms with Crippen molar-refractivity contribution in [1.82, 2.24) is 4.90 Å². The van der Waals surface area contributed by atoms with Crippen LogP contribution in [0.25, 0.3) is 11.0 Å². The first-order valence-corrected chi connectivity index (χ1v) is 7.12. The third-order valence-electron chi connectivity index (χ3n) is 4.02. The zero-order valence-electron chi connectivity index (χ0n) is 11.7. The van der Waals surface area contributed by atoms with Gasteiger partial charge in [0, 0.05) is 12.1 Å². The van der Waals surface area contributed by atoms with Gasteiger partial charge in [-0.25, -0.2) is 0 Å². The fourth-order valence-electron chi connectivity index (χ4n) is 2.84. The summed E-state index contributed by atoms with van der Waals surface area (Å²) >= 11 is 0. The monoisotopic (exact) mass is 273 g/mol. The maximum Gasteiger partial charge on any atom is 0.195 e. The minimum absolute atomic E-state index is 0.0221. The first-order valence-electron chi connectivity index (χ1n) is 7.12. The van der Waals surface area contributed by atoms with Crippen molar-refractivity contribution in [2.45, 2.75) is 32.7 Å². The second-order valence-electron chi connectivity index (χ2n) is 5.52. The molecule has 4 nitrogen and oxygen atoms in total. The van der Waals surface area contributed by atoms with Crippen molar-refractivity contribution in [3.8, 4) is 5.75 Å². The topological polar surface area (TPSA) is 53.7 Å². The minimum atomic E-state index is -0.0221. The molecule has 0 spiro atoms. The average Bonchev–Trinajstić information content (AvgIpc) is 2.47. The number of nitrogens with zero attached hydrogens (tertiary/aromatic N) is 1. The Morgan fingerprint density at radius 1 is 1.25 bits per heavy atom. The molecule has 4 heteroatoms. The van der Waals surface area contributed by atoms with Crippen LogP contribution in [-0.4, -0.2) is 23.1 Å². The van der Waals surface area contributed by atoms with E-state index >= 15 is 0 Å². The summed E-state index contributed by atoms with van der Waals surface area (Å²) in [5.74, 6) is 0.204. The number of hydrogen-bond acceptors (Lipinski definition) is 4. The van der Waals surface area contributed by atoms with Crippen molar-refractivity contribution in [3.63, 3.8) is 0 Å². The SMILES string of the molecule is Cc1coc2c(CN3CCCCC3)c(O)ccc2c1=O. The van der Waals surface area contributed by atoms with Crippen LogP contribution in [0, 0.1) is 6.92 Å². The third-order valence-corrected chi connectivity index (χ3v) is 4.02. The lowest BCUT2D eigenvalue weighted by Gasteiger charge is -2.26. The molecule has 106 valence electrons. The molecule has 0 radical (unpaired) electrons. The highest BCUT2D eigenvalue weighted by molar-refractivity contribution is 5.82. The molecule has 2 heterocycles. The molecule has 0 bridgehead atoms. The Morgan fingerprint density at radius 3 is 2.75 bits per heavy atom. The fraction of sp³-hybridized carbons (Fsp3) is 0.438. The van der Waals surface area contributed by atoms with Gasteiger partial charge in [0.1, 0.15) is 11.3 Å². The normalized spacial score (nSPS) is 16.6. The van der Waals surface area contributed by atoms with Crippen LogP contribution in [0.1, 0.15) is 30.4 Å². The number of phenols is 1. The first kappa shape index (κ1) is 13.2. The van der Waals surface area contributed by atoms with E-state index in [0.717, 1.165) is 18.7 Å². The quantitative estimate of drug-likeness (QED) is 0.914. The minimum Gasteiger partial charge on any atom is -0.507 e. The number of piperidine rings is 1. The van der Waals surface area contributed by atoms with Crippen molar-refractivity contribution in [2.75, 3.05) is 13.1 Å². The van der Waals surface area contributed by atoms with E-state index in [2.05, 4.69) is 4.90 Å². The Labute approximate surface area is 117 Å². The number of fused-ring (bicyclic) bond motifs is 1. The zero-order valence-corrected chi connectivity index (χ0v) is 11.7. The van der Waals surface area contributed by atoms with Crippen molar-refractivity contribution in [1.29, 1.82) is 0 Å². The second-order valence-corrected chi connectivity index (χ2v) is 5.52. The largest absolute Gasteiger partial charge is 0.507 e. The maximum absolute atomic E-state index is 12.1. The van der Waals surface area contributed by atoms with E-state index in [1.165, 1.54) is 25.5 Å². The van der Waals surface area contributed by atoms with Gasteiger partial charge in [0.25, 0.3) is 0 Å². The van der Waals surface area contributed by atoms with Crippen LogP contribution >= 0.6 is 0 Å². The summed E-state index contributed by atoms with van der Waals surface area (Å²) in [7, 11) is 0. The van der Waals surface area contributed by atoms with Crippen LogP contribution in [0.4, 0.5) is 0 Å². The van der Waals surface area contributed by atoms with Gasteiger partial charge in [-0.15, -0.1) is 0 Å². The second kappa shape index (κ2) is 5.29. The highest BCUT2D eigenvalue weighted by atomic mass is 16.3. The summed E-state index contributed by atoms with van der Waals surface area (Å²) in [5, 5.41) is 10.7. The maximum atomic E-state index is 12.1. The summed E-state index contributed by atoms with van der Waals surface area (Å²) < 4.78 is 5.59. The van der Waals surface area contributed by atoms with Crippen molar-refractivity contribution in [2.24, 2.45) is 0 Å². The molecule has 1 aromatic heterocycles. The first-order chi connectivity index (χ1) is 9.66. The highest BCUT2D eigenvalue weighted by Crippen LogP contribution is 2.28. The van der Waals surface area contributed by atoms with Gasteiger partial charge in [-0.3, -0.25) is 9.69 Å². The van der Waals surface area contributed by atoms with Gasteiger partial charge in [-0.1, -0.05) is 6.42 Å². The van der Waals surface area contributed by atoms with E-state index in [9.17, 15) is 9.90 Å². The van der Waals surface area contributed by atoms with Gasteiger partial charge in [0.2, 0.25) is 0 Å². The molecule has 1 aliphatic heterocycles. The van der Waals surface area contributed by atoms with Crippen molar-refractivity contribution in [3.05, 3.63) is 39.7 Å². The summed E-state index contributed by atoms with van der Waals surface area (Å²) in [6.07, 6.45) is 5.12. The van der Waals surface area contributed by atoms with Gasteiger partial charge in [-0.05, 0) is 45.0 Å². The van der Waals surface area contributed by atoms with E-state index in [4.69, 9.17) is 4.42 Å². The van der Waals surface area contributed by atoms with Gasteiger partial charge < -0.3 is 9.52 Å². The lowest BCUT2D eigenvalue weighted by Crippen LogP contribution is -2.29. The molecular weight excluding hydrogens is 254 g/mol. The molecule has 2 aromatic rings. The predicted molar refractivity (Wildman–Crippen MR) is 78.0 cm³/mol. The zero-order chi connectivity index (χ0) is 14.1. The summed E-state index contributed by atoms with van der Waals surface area (Å²) in [4.78, 5) is 14.4. The molecule has 3 rings (SSSR count). The van der Waals surface area contributed by atoms with Crippen LogP contribution in [0.3, 0.4) is 0 Å². The van der Waals surface area contributed by atoms with E-state index in [1.807, 2.05) is 0 Å². The molecule has 1 aliphatic rings. The number of hydrogen-bond donors (Lipinski definition) is 1. The van der Waals surface area contributed by atoms with Gasteiger partial charge in [0.05, 0.1) is 17.2 Å². The Bertz CT molecular complexity index is 684. The molecule has 1 N–H and O–H groups in total. The van der Waals surface area contributed by atoms with E-state index in [0.29, 0.717) is 23.1 Å². The Hall–Kier alpha value is -1.81. The number of aryl methyl sites for hydroxylation is 1. The number of phenolic OH excluding ortho intramolecular Hbond substituents is 1. The van der Waals surface area contributed by atoms with Crippen LogP contribution < -0.4 is 5.43 Å². The predicted octanol–water partition coefficient (Wildman–Crippen LogP) is 2.79. The average molecular weight is 273 g/mol. The molecule has 1 fully saturated rings. The number of benzene rings is 1. The Morgan fingerprint density at radius 2 is 2.00 bits per heavy atom. The van der Waals surface area contributed by atoms with E-state index < -0.39 is 0 Å². The third kappa shape index (κ3) is 2.31. The molecule has 0 saturated carbocycles. The molecule has 0 unspecified atom stereocenters. The van der Waals surface area contributed by atoms with Crippen molar-refractivity contribution >= 4 is 11.0 Å². The molecular formula is C16H19NO3. The van der Waals surface area contributed by atoms with Crippen LogP contribution in [0.15, 0.2) is 27.6 Å². The smallest absolute Gasteiger partial charge is 0.195 e. The number of aromatic hydroxyl groups is 1. The molecule has 20 heavy (non-hydrogen) atoms. The fourth-order valence-corrected chi connectivity index (χ4v) is 2.84. The Kier molecular flexibility index (Phi) is 3.49. The lowest BCUT2D eigenvalue weighted by molar-refractivity contribution is 0.218. The van der Waals surface area contributed by atoms with Crippen LogP contribution in [0.2, 0.25) is 0 Å². The van der Waals surface area contributed by atoms with Crippen LogP contribution in [-0.2, 0) is 6.54 Å². The van der Waals surface area contributed by atoms with E-state index in [1.54, 1.807) is 19.1 Å². The molecule has 1 aromatic carbocycles. The molecule has 0 atom stereocenters. The van der Waals surface area contributed by atoms with Gasteiger partial charge in [-0.2, -0.15) is 0 Å². The summed E-state index contributed by atoms with van der Waals surface area (Å²) in [6.45, 7) is 4.44. The Balaban J connectivity index is 2.06. The van der Waals surface area contributed by atoms with Crippen LogP contribution in [0.5, 0.6) is 5.75 Å². The number of likely N-dealkylation sites (tertiary alicyclic amines) is 1. The van der Waals surface area contributed by atoms with E-state index in [-0.39, 0.29) is 11.2 Å².